The Hall–Kier alpha value is -1.63. The van der Waals surface area contributed by atoms with Gasteiger partial charge in [-0.05, 0) is 26.8 Å². The van der Waals surface area contributed by atoms with Crippen LogP contribution in [0.3, 0.4) is 0 Å². The molecular weight excluding hydrogens is 238 g/mol. The molecule has 0 aliphatic rings. The minimum absolute atomic E-state index is 0.0153. The van der Waals surface area contributed by atoms with E-state index in [2.05, 4.69) is 10.6 Å². The van der Waals surface area contributed by atoms with Crippen molar-refractivity contribution in [1.29, 1.82) is 0 Å². The third-order valence-electron chi connectivity index (χ3n) is 2.47. The molecule has 1 atom stereocenters. The number of carbonyl (C=O) groups excluding carboxylic acids is 2. The summed E-state index contributed by atoms with van der Waals surface area (Å²) in [7, 11) is 0. The van der Waals surface area contributed by atoms with Gasteiger partial charge in [-0.3, -0.25) is 9.59 Å². The van der Waals surface area contributed by atoms with E-state index in [1.807, 2.05) is 6.92 Å². The van der Waals surface area contributed by atoms with Crippen LogP contribution < -0.4 is 16.4 Å². The van der Waals surface area contributed by atoms with Gasteiger partial charge in [-0.15, -0.1) is 0 Å². The number of primary amides is 1. The fourth-order valence-electron chi connectivity index (χ4n) is 1.40. The van der Waals surface area contributed by atoms with Crippen molar-refractivity contribution in [2.75, 3.05) is 6.54 Å². The molecule has 18 heavy (non-hydrogen) atoms. The molecule has 0 radical (unpaired) electrons. The fourth-order valence-corrected chi connectivity index (χ4v) is 1.40. The summed E-state index contributed by atoms with van der Waals surface area (Å²) in [5.74, 6) is -2.21. The maximum Gasteiger partial charge on any atom is 0.326 e. The predicted octanol–water partition coefficient (Wildman–Crippen LogP) is -0.791. The van der Waals surface area contributed by atoms with Crippen LogP contribution in [0.25, 0.3) is 0 Å². The molecule has 0 aromatic heterocycles. The minimum atomic E-state index is -1.18. The van der Waals surface area contributed by atoms with Crippen LogP contribution >= 0.6 is 0 Å². The second-order valence-corrected chi connectivity index (χ2v) is 4.52. The van der Waals surface area contributed by atoms with Crippen molar-refractivity contribution < 1.29 is 19.5 Å². The van der Waals surface area contributed by atoms with Crippen LogP contribution in [0, 0.1) is 0 Å². The zero-order valence-corrected chi connectivity index (χ0v) is 10.9. The van der Waals surface area contributed by atoms with Gasteiger partial charge >= 0.3 is 5.97 Å². The summed E-state index contributed by atoms with van der Waals surface area (Å²) in [4.78, 5) is 33.4. The summed E-state index contributed by atoms with van der Waals surface area (Å²) in [6.07, 6.45) is -0.0997. The molecule has 7 heteroatoms. The lowest BCUT2D eigenvalue weighted by atomic mass is 10.0. The molecule has 2 amide bonds. The fraction of sp³-hybridized carbons (Fsp3) is 0.727. The number of hydrogen-bond acceptors (Lipinski definition) is 4. The molecule has 0 aromatic carbocycles. The van der Waals surface area contributed by atoms with Crippen LogP contribution in [-0.2, 0) is 14.4 Å². The van der Waals surface area contributed by atoms with Gasteiger partial charge in [0.2, 0.25) is 11.8 Å². The first-order chi connectivity index (χ1) is 8.20. The molecule has 5 N–H and O–H groups in total. The van der Waals surface area contributed by atoms with Crippen LogP contribution in [0.15, 0.2) is 0 Å². The summed E-state index contributed by atoms with van der Waals surface area (Å²) in [5.41, 5.74) is 4.08. The highest BCUT2D eigenvalue weighted by molar-refractivity contribution is 5.89. The number of carboxylic acids is 1. The van der Waals surface area contributed by atoms with E-state index in [0.717, 1.165) is 0 Å². The largest absolute Gasteiger partial charge is 0.480 e. The zero-order valence-electron chi connectivity index (χ0n) is 10.9. The summed E-state index contributed by atoms with van der Waals surface area (Å²) in [6, 6.07) is -1.11. The van der Waals surface area contributed by atoms with Gasteiger partial charge in [0.1, 0.15) is 6.04 Å². The van der Waals surface area contributed by atoms with Crippen molar-refractivity contribution in [2.45, 2.75) is 45.2 Å². The number of amides is 2. The SMILES string of the molecule is CCNC(C)(C)C(=O)NC(CCC(N)=O)C(=O)O. The molecule has 0 fully saturated rings. The van der Waals surface area contributed by atoms with E-state index in [4.69, 9.17) is 10.8 Å². The van der Waals surface area contributed by atoms with E-state index in [1.165, 1.54) is 0 Å². The first-order valence-electron chi connectivity index (χ1n) is 5.77. The molecule has 0 aromatic rings. The van der Waals surface area contributed by atoms with Crippen LogP contribution in [0.1, 0.15) is 33.6 Å². The Morgan fingerprint density at radius 1 is 1.33 bits per heavy atom. The minimum Gasteiger partial charge on any atom is -0.480 e. The smallest absolute Gasteiger partial charge is 0.326 e. The van der Waals surface area contributed by atoms with Gasteiger partial charge in [0.25, 0.3) is 0 Å². The topological polar surface area (TPSA) is 122 Å². The Labute approximate surface area is 106 Å². The van der Waals surface area contributed by atoms with Crippen molar-refractivity contribution in [3.05, 3.63) is 0 Å². The average molecular weight is 259 g/mol. The van der Waals surface area contributed by atoms with Crippen molar-refractivity contribution in [3.8, 4) is 0 Å². The van der Waals surface area contributed by atoms with Crippen molar-refractivity contribution in [3.63, 3.8) is 0 Å². The van der Waals surface area contributed by atoms with Crippen molar-refractivity contribution >= 4 is 17.8 Å². The Kier molecular flexibility index (Phi) is 6.32. The normalized spacial score (nSPS) is 12.8. The van der Waals surface area contributed by atoms with Crippen molar-refractivity contribution in [2.24, 2.45) is 5.73 Å². The molecule has 0 bridgehead atoms. The lowest BCUT2D eigenvalue weighted by Gasteiger charge is -2.26. The second kappa shape index (κ2) is 6.95. The van der Waals surface area contributed by atoms with Gasteiger partial charge in [0, 0.05) is 6.42 Å². The van der Waals surface area contributed by atoms with E-state index >= 15 is 0 Å². The Morgan fingerprint density at radius 2 is 1.89 bits per heavy atom. The van der Waals surface area contributed by atoms with Crippen LogP contribution in [-0.4, -0.2) is 41.0 Å². The number of carbonyl (C=O) groups is 3. The standard InChI is InChI=1S/C11H21N3O4/c1-4-13-11(2,3)10(18)14-7(9(16)17)5-6-8(12)15/h7,13H,4-6H2,1-3H3,(H2,12,15)(H,14,18)(H,16,17). The van der Waals surface area contributed by atoms with Gasteiger partial charge in [-0.1, -0.05) is 6.92 Å². The van der Waals surface area contributed by atoms with Crippen LogP contribution in [0.4, 0.5) is 0 Å². The quantitative estimate of drug-likeness (QED) is 0.455. The van der Waals surface area contributed by atoms with Gasteiger partial charge in [0.05, 0.1) is 5.54 Å². The Morgan fingerprint density at radius 3 is 2.28 bits per heavy atom. The molecule has 0 saturated heterocycles. The van der Waals surface area contributed by atoms with Gasteiger partial charge in [-0.25, -0.2) is 4.79 Å². The Balaban J connectivity index is 4.54. The lowest BCUT2D eigenvalue weighted by Crippen LogP contribution is -2.56. The van der Waals surface area contributed by atoms with Gasteiger partial charge in [0.15, 0.2) is 0 Å². The molecule has 1 unspecified atom stereocenters. The molecule has 7 nitrogen and oxygen atoms in total. The van der Waals surface area contributed by atoms with Gasteiger partial charge in [-0.2, -0.15) is 0 Å². The van der Waals surface area contributed by atoms with E-state index in [1.54, 1.807) is 13.8 Å². The molecule has 0 rings (SSSR count). The number of nitrogens with two attached hydrogens (primary N) is 1. The number of rotatable bonds is 8. The lowest BCUT2D eigenvalue weighted by molar-refractivity contribution is -0.143. The Bertz CT molecular complexity index is 328. The summed E-state index contributed by atoms with van der Waals surface area (Å²) >= 11 is 0. The molecular formula is C11H21N3O4. The third kappa shape index (κ3) is 5.62. The first kappa shape index (κ1) is 16.4. The molecule has 0 heterocycles. The predicted molar refractivity (Wildman–Crippen MR) is 65.8 cm³/mol. The molecule has 0 aliphatic heterocycles. The summed E-state index contributed by atoms with van der Waals surface area (Å²) < 4.78 is 0. The molecule has 104 valence electrons. The number of carboxylic acid groups (broad SMARTS) is 1. The van der Waals surface area contributed by atoms with E-state index < -0.39 is 29.4 Å². The van der Waals surface area contributed by atoms with Gasteiger partial charge < -0.3 is 21.5 Å². The number of likely N-dealkylation sites (N-methyl/N-ethyl adjacent to an activating group) is 1. The average Bonchev–Trinajstić information content (AvgIpc) is 2.22. The maximum absolute atomic E-state index is 11.9. The van der Waals surface area contributed by atoms with Crippen LogP contribution in [0.5, 0.6) is 0 Å². The highest BCUT2D eigenvalue weighted by atomic mass is 16.4. The number of aliphatic carboxylic acids is 1. The maximum atomic E-state index is 11.9. The van der Waals surface area contributed by atoms with Crippen LogP contribution in [0.2, 0.25) is 0 Å². The third-order valence-corrected chi connectivity index (χ3v) is 2.47. The summed E-state index contributed by atoms with van der Waals surface area (Å²) in [5, 5.41) is 14.3. The highest BCUT2D eigenvalue weighted by Gasteiger charge is 2.30. The van der Waals surface area contributed by atoms with Crippen molar-refractivity contribution in [1.82, 2.24) is 10.6 Å². The monoisotopic (exact) mass is 259 g/mol. The second-order valence-electron chi connectivity index (χ2n) is 4.52. The van der Waals surface area contributed by atoms with E-state index in [-0.39, 0.29) is 12.8 Å². The summed E-state index contributed by atoms with van der Waals surface area (Å²) in [6.45, 7) is 5.73. The van der Waals surface area contributed by atoms with E-state index in [0.29, 0.717) is 6.54 Å². The first-order valence-corrected chi connectivity index (χ1v) is 5.77. The zero-order chi connectivity index (χ0) is 14.3. The highest BCUT2D eigenvalue weighted by Crippen LogP contribution is 2.05. The number of hydrogen-bond donors (Lipinski definition) is 4. The van der Waals surface area contributed by atoms with E-state index in [9.17, 15) is 14.4 Å². The molecule has 0 spiro atoms. The molecule has 0 aliphatic carbocycles. The molecule has 0 saturated carbocycles. The number of nitrogens with one attached hydrogen (secondary N) is 2.